The van der Waals surface area contributed by atoms with Gasteiger partial charge in [-0.15, -0.1) is 0 Å². The van der Waals surface area contributed by atoms with Crippen LogP contribution in [0.15, 0.2) is 35.4 Å². The Labute approximate surface area is 143 Å². The zero-order valence-corrected chi connectivity index (χ0v) is 15.0. The van der Waals surface area contributed by atoms with E-state index >= 15 is 0 Å². The molecule has 2 atom stereocenters. The van der Waals surface area contributed by atoms with E-state index in [1.807, 2.05) is 44.2 Å². The Balaban J connectivity index is 2.05. The Morgan fingerprint density at radius 2 is 1.75 bits per heavy atom. The average Bonchev–Trinajstić information content (AvgIpc) is 2.82. The Morgan fingerprint density at radius 1 is 1.12 bits per heavy atom. The van der Waals surface area contributed by atoms with Crippen molar-refractivity contribution >= 4 is 23.1 Å². The number of Topliss-reactive ketones (excluding diaryl/α,β-unsaturated/α-hetero) is 1. The Kier molecular flexibility index (Phi) is 3.59. The van der Waals surface area contributed by atoms with E-state index in [9.17, 15) is 9.59 Å². The van der Waals surface area contributed by atoms with Crippen molar-refractivity contribution in [1.82, 2.24) is 4.90 Å². The Bertz CT molecular complexity index is 723. The third-order valence-electron chi connectivity index (χ3n) is 6.41. The summed E-state index contributed by atoms with van der Waals surface area (Å²) in [5.41, 5.74) is 2.45. The second-order valence-corrected chi connectivity index (χ2v) is 7.83. The molecule has 5 heteroatoms. The summed E-state index contributed by atoms with van der Waals surface area (Å²) < 4.78 is 0. The summed E-state index contributed by atoms with van der Waals surface area (Å²) in [5.74, 6) is -0.227. The molecule has 2 unspecified atom stereocenters. The maximum absolute atomic E-state index is 13.3. The molecule has 2 fully saturated rings. The van der Waals surface area contributed by atoms with Crippen LogP contribution in [-0.4, -0.2) is 36.4 Å². The van der Waals surface area contributed by atoms with Crippen molar-refractivity contribution in [2.75, 3.05) is 19.5 Å². The summed E-state index contributed by atoms with van der Waals surface area (Å²) in [6, 6.07) is 9.55. The van der Waals surface area contributed by atoms with E-state index in [-0.39, 0.29) is 11.7 Å². The van der Waals surface area contributed by atoms with Crippen molar-refractivity contribution in [1.29, 1.82) is 0 Å². The summed E-state index contributed by atoms with van der Waals surface area (Å²) in [4.78, 5) is 27.7. The lowest BCUT2D eigenvalue weighted by Gasteiger charge is -2.38. The second kappa shape index (κ2) is 5.16. The van der Waals surface area contributed by atoms with Crippen molar-refractivity contribution in [2.24, 2.45) is 21.3 Å². The van der Waals surface area contributed by atoms with E-state index in [0.29, 0.717) is 12.1 Å². The number of ketones is 1. The highest BCUT2D eigenvalue weighted by Crippen LogP contribution is 2.69. The van der Waals surface area contributed by atoms with Gasteiger partial charge in [-0.2, -0.15) is 5.10 Å². The first-order chi connectivity index (χ1) is 11.2. The molecule has 128 valence electrons. The number of carbonyl (C=O) groups excluding carboxylic acids is 2. The highest BCUT2D eigenvalue weighted by Gasteiger charge is 2.76. The molecule has 1 N–H and O–H groups in total. The standard InChI is InChI=1S/C19H25N3O2/c1-17(2)18(3)11-12-19(17,16(24)22(4)5)15(23)14(18)21-20-13-9-7-6-8-10-13/h6-10,20H,11-12H2,1-5H3/b21-14+. The van der Waals surface area contributed by atoms with Crippen molar-refractivity contribution < 1.29 is 9.59 Å². The lowest BCUT2D eigenvalue weighted by atomic mass is 9.64. The van der Waals surface area contributed by atoms with Crippen LogP contribution in [-0.2, 0) is 9.59 Å². The number of hydrazone groups is 1. The van der Waals surface area contributed by atoms with Gasteiger partial charge in [-0.25, -0.2) is 0 Å². The van der Waals surface area contributed by atoms with Crippen LogP contribution in [0.2, 0.25) is 0 Å². The van der Waals surface area contributed by atoms with Gasteiger partial charge < -0.3 is 4.90 Å². The van der Waals surface area contributed by atoms with Crippen LogP contribution in [0.3, 0.4) is 0 Å². The summed E-state index contributed by atoms with van der Waals surface area (Å²) in [5, 5.41) is 4.46. The molecule has 2 aliphatic carbocycles. The molecular weight excluding hydrogens is 302 g/mol. The van der Waals surface area contributed by atoms with Gasteiger partial charge in [0.05, 0.1) is 5.69 Å². The molecule has 1 amide bonds. The number of carbonyl (C=O) groups is 2. The minimum atomic E-state index is -0.998. The first kappa shape index (κ1) is 16.7. The molecule has 2 aliphatic rings. The summed E-state index contributed by atoms with van der Waals surface area (Å²) in [6.45, 7) is 6.13. The summed E-state index contributed by atoms with van der Waals surface area (Å²) in [6.07, 6.45) is 1.39. The third-order valence-corrected chi connectivity index (χ3v) is 6.41. The average molecular weight is 327 g/mol. The molecule has 24 heavy (non-hydrogen) atoms. The lowest BCUT2D eigenvalue weighted by Crippen LogP contribution is -2.50. The zero-order valence-electron chi connectivity index (χ0n) is 15.0. The Morgan fingerprint density at radius 3 is 2.33 bits per heavy atom. The van der Waals surface area contributed by atoms with Gasteiger partial charge in [0, 0.05) is 19.5 Å². The number of amides is 1. The van der Waals surface area contributed by atoms with Gasteiger partial charge in [0.2, 0.25) is 5.91 Å². The normalized spacial score (nSPS) is 32.2. The second-order valence-electron chi connectivity index (χ2n) is 7.83. The number of hydrogen-bond acceptors (Lipinski definition) is 4. The molecule has 0 aromatic heterocycles. The highest BCUT2D eigenvalue weighted by atomic mass is 16.2. The third kappa shape index (κ3) is 1.84. The number of anilines is 1. The van der Waals surface area contributed by atoms with E-state index in [2.05, 4.69) is 17.5 Å². The zero-order chi connectivity index (χ0) is 17.8. The molecule has 1 aromatic carbocycles. The van der Waals surface area contributed by atoms with Gasteiger partial charge in [-0.3, -0.25) is 15.0 Å². The molecular formula is C19H25N3O2. The first-order valence-corrected chi connectivity index (χ1v) is 8.34. The molecule has 0 saturated heterocycles. The van der Waals surface area contributed by atoms with Crippen LogP contribution < -0.4 is 5.43 Å². The molecule has 2 bridgehead atoms. The summed E-state index contributed by atoms with van der Waals surface area (Å²) in [7, 11) is 3.43. The number of nitrogens with zero attached hydrogens (tertiary/aromatic N) is 2. The van der Waals surface area contributed by atoms with Crippen molar-refractivity contribution in [3.63, 3.8) is 0 Å². The molecule has 0 radical (unpaired) electrons. The van der Waals surface area contributed by atoms with Crippen LogP contribution in [0.5, 0.6) is 0 Å². The smallest absolute Gasteiger partial charge is 0.236 e. The SMILES string of the molecule is CN(C)C(=O)C12CCC(C)(/C(=N/Nc3ccccc3)C1=O)C2(C)C. The van der Waals surface area contributed by atoms with Crippen molar-refractivity contribution in [2.45, 2.75) is 33.6 Å². The maximum atomic E-state index is 13.3. The number of nitrogens with one attached hydrogen (secondary N) is 1. The van der Waals surface area contributed by atoms with E-state index in [4.69, 9.17) is 0 Å². The topological polar surface area (TPSA) is 61.8 Å². The number of hydrogen-bond donors (Lipinski definition) is 1. The molecule has 5 nitrogen and oxygen atoms in total. The van der Waals surface area contributed by atoms with Crippen LogP contribution in [0.4, 0.5) is 5.69 Å². The molecule has 0 aliphatic heterocycles. The fourth-order valence-corrected chi connectivity index (χ4v) is 4.46. The number of fused-ring (bicyclic) bond motifs is 2. The van der Waals surface area contributed by atoms with Gasteiger partial charge in [0.15, 0.2) is 5.78 Å². The van der Waals surface area contributed by atoms with E-state index in [0.717, 1.165) is 12.1 Å². The fourth-order valence-electron chi connectivity index (χ4n) is 4.46. The number of rotatable bonds is 3. The molecule has 3 rings (SSSR count). The van der Waals surface area contributed by atoms with Crippen LogP contribution in [0.1, 0.15) is 33.6 Å². The van der Waals surface area contributed by atoms with Gasteiger partial charge in [0.25, 0.3) is 0 Å². The molecule has 2 saturated carbocycles. The van der Waals surface area contributed by atoms with Gasteiger partial charge in [-0.1, -0.05) is 39.0 Å². The van der Waals surface area contributed by atoms with Crippen LogP contribution in [0.25, 0.3) is 0 Å². The number of benzene rings is 1. The quantitative estimate of drug-likeness (QED) is 0.686. The molecule has 0 heterocycles. The maximum Gasteiger partial charge on any atom is 0.236 e. The predicted molar refractivity (Wildman–Crippen MR) is 94.8 cm³/mol. The highest BCUT2D eigenvalue weighted by molar-refractivity contribution is 6.50. The minimum Gasteiger partial charge on any atom is -0.348 e. The monoisotopic (exact) mass is 327 g/mol. The van der Waals surface area contributed by atoms with Crippen molar-refractivity contribution in [3.8, 4) is 0 Å². The van der Waals surface area contributed by atoms with Gasteiger partial charge >= 0.3 is 0 Å². The predicted octanol–water partition coefficient (Wildman–Crippen LogP) is 2.94. The minimum absolute atomic E-state index is 0.105. The Hall–Kier alpha value is -2.17. The lowest BCUT2D eigenvalue weighted by molar-refractivity contribution is -0.150. The van der Waals surface area contributed by atoms with E-state index in [1.54, 1.807) is 19.0 Å². The van der Waals surface area contributed by atoms with Crippen LogP contribution >= 0.6 is 0 Å². The number of para-hydroxylation sites is 1. The van der Waals surface area contributed by atoms with E-state index < -0.39 is 16.2 Å². The molecule has 0 spiro atoms. The van der Waals surface area contributed by atoms with Gasteiger partial charge in [0.1, 0.15) is 11.1 Å². The first-order valence-electron chi connectivity index (χ1n) is 8.34. The van der Waals surface area contributed by atoms with E-state index in [1.165, 1.54) is 0 Å². The van der Waals surface area contributed by atoms with Crippen molar-refractivity contribution in [3.05, 3.63) is 30.3 Å². The fraction of sp³-hybridized carbons (Fsp3) is 0.526. The largest absolute Gasteiger partial charge is 0.348 e. The van der Waals surface area contributed by atoms with Crippen LogP contribution in [0, 0.1) is 16.2 Å². The summed E-state index contributed by atoms with van der Waals surface area (Å²) >= 11 is 0. The molecule has 1 aromatic rings. The van der Waals surface area contributed by atoms with Gasteiger partial charge in [-0.05, 0) is 30.4 Å².